The molecule has 5 heterocycles. The predicted octanol–water partition coefficient (Wildman–Crippen LogP) is 1.02. The third-order valence-electron chi connectivity index (χ3n) is 6.54. The van der Waals surface area contributed by atoms with Crippen LogP contribution >= 0.6 is 0 Å². The Balaban J connectivity index is 1.47. The molecular weight excluding hydrogens is 470 g/mol. The molecule has 0 aromatic carbocycles. The lowest BCUT2D eigenvalue weighted by Gasteiger charge is -2.32. The Hall–Kier alpha value is -2.80. The lowest BCUT2D eigenvalue weighted by molar-refractivity contribution is 0.122. The lowest BCUT2D eigenvalue weighted by atomic mass is 10.1. The van der Waals surface area contributed by atoms with Crippen LogP contribution in [-0.2, 0) is 21.3 Å². The van der Waals surface area contributed by atoms with Crippen LogP contribution < -0.4 is 9.64 Å². The van der Waals surface area contributed by atoms with E-state index in [9.17, 15) is 8.42 Å². The average molecular weight is 502 g/mol. The van der Waals surface area contributed by atoms with Gasteiger partial charge in [-0.3, -0.25) is 4.90 Å². The highest BCUT2D eigenvalue weighted by Gasteiger charge is 2.25. The number of ether oxygens (including phenoxy) is 2. The summed E-state index contributed by atoms with van der Waals surface area (Å²) in [6.45, 7) is 7.84. The Labute approximate surface area is 205 Å². The highest BCUT2D eigenvalue weighted by atomic mass is 32.2. The van der Waals surface area contributed by atoms with E-state index in [1.165, 1.54) is 10.6 Å². The molecule has 2 aliphatic heterocycles. The third kappa shape index (κ3) is 5.10. The molecule has 35 heavy (non-hydrogen) atoms. The number of piperazine rings is 1. The molecule has 0 radical (unpaired) electrons. The Morgan fingerprint density at radius 2 is 1.80 bits per heavy atom. The first-order valence-corrected chi connectivity index (χ1v) is 13.6. The predicted molar refractivity (Wildman–Crippen MR) is 132 cm³/mol. The molecule has 11 nitrogen and oxygen atoms in total. The highest BCUT2D eigenvalue weighted by Crippen LogP contribution is 2.29. The van der Waals surface area contributed by atoms with Crippen LogP contribution in [0.15, 0.2) is 24.7 Å². The first-order chi connectivity index (χ1) is 16.8. The molecule has 188 valence electrons. The number of hydrogen-bond donors (Lipinski definition) is 0. The lowest BCUT2D eigenvalue weighted by Crippen LogP contribution is -2.47. The highest BCUT2D eigenvalue weighted by molar-refractivity contribution is 7.88. The minimum Gasteiger partial charge on any atom is -0.481 e. The molecule has 0 unspecified atom stereocenters. The smallest absolute Gasteiger partial charge is 0.213 e. The molecule has 0 amide bonds. The number of anilines is 1. The first-order valence-electron chi connectivity index (χ1n) is 11.7. The number of nitrogens with zero attached hydrogens (tertiary/aromatic N) is 7. The van der Waals surface area contributed by atoms with Crippen molar-refractivity contribution >= 4 is 21.5 Å². The van der Waals surface area contributed by atoms with Crippen molar-refractivity contribution < 1.29 is 17.9 Å². The number of sulfonamides is 1. The third-order valence-corrected chi connectivity index (χ3v) is 7.84. The molecule has 5 rings (SSSR count). The van der Waals surface area contributed by atoms with Gasteiger partial charge in [0.15, 0.2) is 11.5 Å². The van der Waals surface area contributed by atoms with Crippen LogP contribution in [0.4, 0.5) is 5.82 Å². The fourth-order valence-corrected chi connectivity index (χ4v) is 5.41. The van der Waals surface area contributed by atoms with Crippen molar-refractivity contribution in [3.8, 4) is 17.1 Å². The maximum atomic E-state index is 11.8. The van der Waals surface area contributed by atoms with Gasteiger partial charge in [0.05, 0.1) is 38.0 Å². The molecule has 0 atom stereocenters. The summed E-state index contributed by atoms with van der Waals surface area (Å²) in [7, 11) is -1.54. The molecule has 0 spiro atoms. The fourth-order valence-electron chi connectivity index (χ4n) is 4.58. The SMILES string of the molecule is COc1cc(C)c(-c2cn3cc(CN4CCN(S(C)(=O)=O)CC4)nc3c(N3CCOCC3)n2)cn1. The van der Waals surface area contributed by atoms with Crippen LogP contribution in [0.1, 0.15) is 11.3 Å². The van der Waals surface area contributed by atoms with Crippen LogP contribution in [0, 0.1) is 6.92 Å². The standard InChI is InChI=1S/C23H31N7O4S/c1-17-12-21(33-2)24-13-19(17)20-16-29-15-18(14-27-4-6-30(7-5-27)35(3,31)32)25-22(29)23(26-20)28-8-10-34-11-9-28/h12-13,15-16H,4-11,14H2,1-3H3. The van der Waals surface area contributed by atoms with Gasteiger partial charge in [0, 0.05) is 76.0 Å². The van der Waals surface area contributed by atoms with E-state index in [0.717, 1.165) is 47.1 Å². The normalized spacial score (nSPS) is 18.3. The van der Waals surface area contributed by atoms with Gasteiger partial charge < -0.3 is 18.8 Å². The second kappa shape index (κ2) is 9.69. The van der Waals surface area contributed by atoms with Crippen molar-refractivity contribution in [2.75, 3.05) is 70.7 Å². The largest absolute Gasteiger partial charge is 0.481 e. The van der Waals surface area contributed by atoms with Crippen molar-refractivity contribution in [1.29, 1.82) is 0 Å². The molecule has 2 aliphatic rings. The van der Waals surface area contributed by atoms with Crippen LogP contribution in [0.2, 0.25) is 0 Å². The molecule has 12 heteroatoms. The quantitative estimate of drug-likeness (QED) is 0.489. The van der Waals surface area contributed by atoms with Gasteiger partial charge in [-0.15, -0.1) is 0 Å². The number of morpholine rings is 1. The molecular formula is C23H31N7O4S. The number of methoxy groups -OCH3 is 1. The van der Waals surface area contributed by atoms with E-state index in [0.29, 0.717) is 51.8 Å². The summed E-state index contributed by atoms with van der Waals surface area (Å²) in [5, 5.41) is 0. The van der Waals surface area contributed by atoms with E-state index in [4.69, 9.17) is 19.4 Å². The van der Waals surface area contributed by atoms with E-state index < -0.39 is 10.0 Å². The van der Waals surface area contributed by atoms with E-state index in [2.05, 4.69) is 14.8 Å². The van der Waals surface area contributed by atoms with Crippen LogP contribution in [0.5, 0.6) is 5.88 Å². The van der Waals surface area contributed by atoms with Crippen LogP contribution in [-0.4, -0.2) is 103 Å². The molecule has 0 bridgehead atoms. The van der Waals surface area contributed by atoms with Gasteiger partial charge in [-0.25, -0.2) is 23.4 Å². The Bertz CT molecular complexity index is 1310. The van der Waals surface area contributed by atoms with Crippen LogP contribution in [0.3, 0.4) is 0 Å². The first kappa shape index (κ1) is 23.9. The zero-order chi connectivity index (χ0) is 24.6. The summed E-state index contributed by atoms with van der Waals surface area (Å²) < 4.78 is 38.0. The topological polar surface area (TPSA) is 105 Å². The average Bonchev–Trinajstić information content (AvgIpc) is 3.26. The summed E-state index contributed by atoms with van der Waals surface area (Å²) >= 11 is 0. The maximum absolute atomic E-state index is 11.8. The van der Waals surface area contributed by atoms with Crippen molar-refractivity contribution in [2.24, 2.45) is 0 Å². The molecule has 0 aliphatic carbocycles. The summed E-state index contributed by atoms with van der Waals surface area (Å²) in [5.41, 5.74) is 4.52. The fraction of sp³-hybridized carbons (Fsp3) is 0.522. The summed E-state index contributed by atoms with van der Waals surface area (Å²) in [5.74, 6) is 1.40. The van der Waals surface area contributed by atoms with Gasteiger partial charge in [0.1, 0.15) is 0 Å². The van der Waals surface area contributed by atoms with Gasteiger partial charge in [-0.1, -0.05) is 0 Å². The zero-order valence-corrected chi connectivity index (χ0v) is 21.2. The number of pyridine rings is 1. The summed E-state index contributed by atoms with van der Waals surface area (Å²) in [4.78, 5) is 18.8. The van der Waals surface area contributed by atoms with E-state index in [-0.39, 0.29) is 0 Å². The summed E-state index contributed by atoms with van der Waals surface area (Å²) in [6, 6.07) is 1.91. The number of imidazole rings is 1. The molecule has 2 fully saturated rings. The van der Waals surface area contributed by atoms with Gasteiger partial charge in [0.2, 0.25) is 15.9 Å². The van der Waals surface area contributed by atoms with Crippen LogP contribution in [0.25, 0.3) is 16.9 Å². The molecule has 3 aromatic rings. The Morgan fingerprint density at radius 1 is 1.06 bits per heavy atom. The van der Waals surface area contributed by atoms with Crippen molar-refractivity contribution in [3.05, 3.63) is 35.9 Å². The second-order valence-electron chi connectivity index (χ2n) is 8.99. The van der Waals surface area contributed by atoms with E-state index in [1.54, 1.807) is 13.3 Å². The Morgan fingerprint density at radius 3 is 2.46 bits per heavy atom. The van der Waals surface area contributed by atoms with Gasteiger partial charge in [-0.2, -0.15) is 4.31 Å². The maximum Gasteiger partial charge on any atom is 0.213 e. The molecule has 0 N–H and O–H groups in total. The minimum absolute atomic E-state index is 0.501. The van der Waals surface area contributed by atoms with E-state index in [1.807, 2.05) is 29.8 Å². The summed E-state index contributed by atoms with van der Waals surface area (Å²) in [6.07, 6.45) is 7.10. The molecule has 0 saturated carbocycles. The van der Waals surface area contributed by atoms with Crippen molar-refractivity contribution in [3.63, 3.8) is 0 Å². The number of rotatable bonds is 6. The van der Waals surface area contributed by atoms with E-state index >= 15 is 0 Å². The number of aryl methyl sites for hydroxylation is 1. The number of aromatic nitrogens is 4. The zero-order valence-electron chi connectivity index (χ0n) is 20.3. The van der Waals surface area contributed by atoms with Gasteiger partial charge in [0.25, 0.3) is 0 Å². The second-order valence-corrected chi connectivity index (χ2v) is 11.0. The molecule has 2 saturated heterocycles. The number of hydrogen-bond acceptors (Lipinski definition) is 9. The van der Waals surface area contributed by atoms with Gasteiger partial charge >= 0.3 is 0 Å². The minimum atomic E-state index is -3.15. The number of fused-ring (bicyclic) bond motifs is 1. The van der Waals surface area contributed by atoms with Crippen molar-refractivity contribution in [2.45, 2.75) is 13.5 Å². The van der Waals surface area contributed by atoms with Gasteiger partial charge in [-0.05, 0) is 12.5 Å². The monoisotopic (exact) mass is 501 g/mol. The van der Waals surface area contributed by atoms with Crippen molar-refractivity contribution in [1.82, 2.24) is 28.6 Å². The molecule has 3 aromatic heterocycles. The Kier molecular flexibility index (Phi) is 6.62.